The molecule has 0 aliphatic carbocycles. The van der Waals surface area contributed by atoms with Crippen LogP contribution < -0.4 is 5.43 Å². The molecular weight excluding hydrogens is 310 g/mol. The van der Waals surface area contributed by atoms with Crippen molar-refractivity contribution in [3.8, 4) is 5.69 Å². The second-order valence-corrected chi connectivity index (χ2v) is 5.76. The van der Waals surface area contributed by atoms with Gasteiger partial charge < -0.3 is 5.43 Å². The first-order valence-corrected chi connectivity index (χ1v) is 7.69. The van der Waals surface area contributed by atoms with Gasteiger partial charge in [0.2, 0.25) is 0 Å². The van der Waals surface area contributed by atoms with Crippen LogP contribution in [-0.4, -0.2) is 20.5 Å². The molecule has 0 saturated heterocycles. The van der Waals surface area contributed by atoms with E-state index in [1.165, 1.54) is 0 Å². The molecule has 1 N–H and O–H groups in total. The normalized spacial score (nSPS) is 15.5. The molecule has 1 aliphatic rings. The van der Waals surface area contributed by atoms with Gasteiger partial charge in [-0.15, -0.1) is 10.2 Å². The third kappa shape index (κ3) is 2.39. The molecule has 2 heterocycles. The molecule has 5 nitrogen and oxygen atoms in total. The Morgan fingerprint density at radius 1 is 1.09 bits per heavy atom. The Kier molecular flexibility index (Phi) is 3.35. The second kappa shape index (κ2) is 5.52. The summed E-state index contributed by atoms with van der Waals surface area (Å²) in [7, 11) is 0. The van der Waals surface area contributed by atoms with Gasteiger partial charge in [0.05, 0.1) is 17.9 Å². The van der Waals surface area contributed by atoms with Gasteiger partial charge in [0.15, 0.2) is 5.82 Å². The van der Waals surface area contributed by atoms with Crippen molar-refractivity contribution in [3.05, 3.63) is 76.3 Å². The summed E-state index contributed by atoms with van der Waals surface area (Å²) in [6.45, 7) is 2.45. The molecule has 0 unspecified atom stereocenters. The summed E-state index contributed by atoms with van der Waals surface area (Å²) >= 11 is 6.25. The molecule has 23 heavy (non-hydrogen) atoms. The van der Waals surface area contributed by atoms with E-state index in [0.29, 0.717) is 11.6 Å². The van der Waals surface area contributed by atoms with Crippen LogP contribution in [0.3, 0.4) is 0 Å². The monoisotopic (exact) mass is 323 g/mol. The Bertz CT molecular complexity index is 899. The summed E-state index contributed by atoms with van der Waals surface area (Å²) in [6, 6.07) is 15.8. The van der Waals surface area contributed by atoms with Crippen molar-refractivity contribution in [2.45, 2.75) is 13.5 Å². The zero-order valence-electron chi connectivity index (χ0n) is 12.5. The van der Waals surface area contributed by atoms with Crippen LogP contribution in [0.2, 0.25) is 5.02 Å². The van der Waals surface area contributed by atoms with Gasteiger partial charge >= 0.3 is 0 Å². The van der Waals surface area contributed by atoms with Crippen molar-refractivity contribution in [1.29, 1.82) is 0 Å². The first-order chi connectivity index (χ1) is 11.2. The average molecular weight is 324 g/mol. The molecule has 0 atom stereocenters. The highest BCUT2D eigenvalue weighted by Crippen LogP contribution is 2.26. The van der Waals surface area contributed by atoms with Gasteiger partial charge in [-0.3, -0.25) is 4.57 Å². The topological polar surface area (TPSA) is 55.1 Å². The molecule has 0 fully saturated rings. The van der Waals surface area contributed by atoms with E-state index in [9.17, 15) is 0 Å². The Morgan fingerprint density at radius 2 is 1.91 bits per heavy atom. The van der Waals surface area contributed by atoms with E-state index in [1.807, 2.05) is 60.0 Å². The van der Waals surface area contributed by atoms with E-state index >= 15 is 0 Å². The van der Waals surface area contributed by atoms with E-state index in [2.05, 4.69) is 20.7 Å². The van der Waals surface area contributed by atoms with E-state index in [1.54, 1.807) is 0 Å². The van der Waals surface area contributed by atoms with Crippen molar-refractivity contribution in [2.24, 2.45) is 5.10 Å². The van der Waals surface area contributed by atoms with Crippen LogP contribution >= 0.6 is 11.6 Å². The lowest BCUT2D eigenvalue weighted by Crippen LogP contribution is -2.21. The molecule has 2 aromatic carbocycles. The molecule has 0 spiro atoms. The van der Waals surface area contributed by atoms with Crippen LogP contribution in [0.25, 0.3) is 5.69 Å². The summed E-state index contributed by atoms with van der Waals surface area (Å²) in [6.07, 6.45) is 0. The van der Waals surface area contributed by atoms with Crippen molar-refractivity contribution in [1.82, 2.24) is 20.2 Å². The van der Waals surface area contributed by atoms with Crippen molar-refractivity contribution < 1.29 is 0 Å². The number of hydrogen-bond donors (Lipinski definition) is 1. The SMILES string of the molecule is Cc1nnc2n1-c1ccc(Cl)cc1/C(c1ccccc1)=N\NC2. The van der Waals surface area contributed by atoms with Gasteiger partial charge in [-0.1, -0.05) is 41.9 Å². The Balaban J connectivity index is 2.00. The number of rotatable bonds is 1. The van der Waals surface area contributed by atoms with E-state index in [0.717, 1.165) is 34.2 Å². The molecule has 114 valence electrons. The number of nitrogens with one attached hydrogen (secondary N) is 1. The number of benzene rings is 2. The molecule has 0 saturated carbocycles. The molecule has 3 aromatic rings. The van der Waals surface area contributed by atoms with E-state index in [4.69, 9.17) is 11.6 Å². The zero-order chi connectivity index (χ0) is 15.8. The maximum absolute atomic E-state index is 6.25. The predicted octanol–water partition coefficient (Wildman–Crippen LogP) is 3.08. The number of aromatic nitrogens is 3. The standard InChI is InChI=1S/C17H14ClN5/c1-11-20-21-16-10-19-22-17(12-5-3-2-4-6-12)14-9-13(18)7-8-15(14)23(11)16/h2-9,19H,10H2,1H3/b22-17-. The molecule has 0 amide bonds. The van der Waals surface area contributed by atoms with Crippen molar-refractivity contribution in [3.63, 3.8) is 0 Å². The Hall–Kier alpha value is -2.66. The zero-order valence-corrected chi connectivity index (χ0v) is 13.2. The van der Waals surface area contributed by atoms with Gasteiger partial charge in [0.25, 0.3) is 0 Å². The number of aryl methyl sites for hydroxylation is 1. The van der Waals surface area contributed by atoms with Crippen LogP contribution in [0.5, 0.6) is 0 Å². The number of fused-ring (bicyclic) bond motifs is 3. The lowest BCUT2D eigenvalue weighted by atomic mass is 10.00. The third-order valence-corrected chi connectivity index (χ3v) is 4.06. The fourth-order valence-electron chi connectivity index (χ4n) is 2.79. The molecule has 1 aromatic heterocycles. The summed E-state index contributed by atoms with van der Waals surface area (Å²) < 4.78 is 2.04. The molecule has 0 bridgehead atoms. The minimum Gasteiger partial charge on any atom is -0.302 e. The summed E-state index contributed by atoms with van der Waals surface area (Å²) in [4.78, 5) is 0. The smallest absolute Gasteiger partial charge is 0.158 e. The second-order valence-electron chi connectivity index (χ2n) is 5.32. The van der Waals surface area contributed by atoms with Crippen LogP contribution in [0.1, 0.15) is 22.8 Å². The lowest BCUT2D eigenvalue weighted by molar-refractivity contribution is 0.681. The maximum atomic E-state index is 6.25. The highest BCUT2D eigenvalue weighted by molar-refractivity contribution is 6.31. The van der Waals surface area contributed by atoms with Crippen LogP contribution in [0, 0.1) is 6.92 Å². The number of hydrogen-bond acceptors (Lipinski definition) is 4. The molecule has 1 aliphatic heterocycles. The number of halogens is 1. The average Bonchev–Trinajstić information content (AvgIpc) is 2.91. The van der Waals surface area contributed by atoms with Crippen LogP contribution in [0.15, 0.2) is 53.6 Å². The number of hydrazone groups is 1. The van der Waals surface area contributed by atoms with E-state index < -0.39 is 0 Å². The van der Waals surface area contributed by atoms with Gasteiger partial charge in [0, 0.05) is 16.1 Å². The van der Waals surface area contributed by atoms with E-state index in [-0.39, 0.29) is 0 Å². The van der Waals surface area contributed by atoms with Gasteiger partial charge in [0.1, 0.15) is 5.82 Å². The van der Waals surface area contributed by atoms with Gasteiger partial charge in [-0.05, 0) is 25.1 Å². The summed E-state index contributed by atoms with van der Waals surface area (Å²) in [5, 5.41) is 13.7. The largest absolute Gasteiger partial charge is 0.302 e. The minimum absolute atomic E-state index is 0.513. The molecule has 4 rings (SSSR count). The number of nitrogens with zero attached hydrogens (tertiary/aromatic N) is 4. The highest BCUT2D eigenvalue weighted by atomic mass is 35.5. The first-order valence-electron chi connectivity index (χ1n) is 7.31. The summed E-state index contributed by atoms with van der Waals surface area (Å²) in [5.74, 6) is 1.65. The minimum atomic E-state index is 0.513. The fraction of sp³-hybridized carbons (Fsp3) is 0.118. The van der Waals surface area contributed by atoms with Crippen molar-refractivity contribution >= 4 is 17.3 Å². The Labute approximate surface area is 138 Å². The molecular formula is C17H14ClN5. The van der Waals surface area contributed by atoms with Gasteiger partial charge in [-0.2, -0.15) is 5.10 Å². The van der Waals surface area contributed by atoms with Crippen LogP contribution in [-0.2, 0) is 6.54 Å². The maximum Gasteiger partial charge on any atom is 0.158 e. The third-order valence-electron chi connectivity index (χ3n) is 3.82. The van der Waals surface area contributed by atoms with Gasteiger partial charge in [-0.25, -0.2) is 0 Å². The highest BCUT2D eigenvalue weighted by Gasteiger charge is 2.20. The van der Waals surface area contributed by atoms with Crippen LogP contribution in [0.4, 0.5) is 0 Å². The lowest BCUT2D eigenvalue weighted by Gasteiger charge is -2.19. The quantitative estimate of drug-likeness (QED) is 0.748. The molecule has 6 heteroatoms. The summed E-state index contributed by atoms with van der Waals surface area (Å²) in [5.41, 5.74) is 6.89. The Morgan fingerprint density at radius 3 is 2.74 bits per heavy atom. The predicted molar refractivity (Wildman–Crippen MR) is 90.0 cm³/mol. The van der Waals surface area contributed by atoms with Crippen molar-refractivity contribution in [2.75, 3.05) is 0 Å². The first kappa shape index (κ1) is 14.0. The fourth-order valence-corrected chi connectivity index (χ4v) is 2.96. The molecule has 0 radical (unpaired) electrons.